The normalized spacial score (nSPS) is 31.4. The molecular weight excluding hydrogens is 1820 g/mol. The Kier molecular flexibility index (Phi) is 34.3. The molecule has 134 heavy (non-hydrogen) atoms. The third kappa shape index (κ3) is 23.0. The maximum absolute atomic E-state index is 14.2. The Morgan fingerprint density at radius 3 is 1.25 bits per heavy atom. The van der Waals surface area contributed by atoms with Crippen molar-refractivity contribution >= 4 is 88.0 Å². The summed E-state index contributed by atoms with van der Waals surface area (Å²) in [7, 11) is 4.83. The Balaban J connectivity index is 0.000000179. The first-order valence-electron chi connectivity index (χ1n) is 48.1. The van der Waals surface area contributed by atoms with E-state index in [0.29, 0.717) is 113 Å². The van der Waals surface area contributed by atoms with E-state index < -0.39 is 94.7 Å². The molecule has 17 rings (SSSR count). The second-order valence-electron chi connectivity index (χ2n) is 42.2. The van der Waals surface area contributed by atoms with Gasteiger partial charge in [-0.15, -0.1) is 0 Å². The number of methoxy groups -OCH3 is 3. The molecule has 30 nitrogen and oxygen atoms in total. The summed E-state index contributed by atoms with van der Waals surface area (Å²) >= 11 is 0. The number of carbonyl (C=O) groups is 6. The van der Waals surface area contributed by atoms with Gasteiger partial charge in [-0.1, -0.05) is 146 Å². The summed E-state index contributed by atoms with van der Waals surface area (Å²) in [5.41, 5.74) is 4.06. The van der Waals surface area contributed by atoms with Crippen molar-refractivity contribution in [2.24, 2.45) is 75.4 Å². The van der Waals surface area contributed by atoms with E-state index in [2.05, 4.69) is 34.8 Å². The van der Waals surface area contributed by atoms with Gasteiger partial charge >= 0.3 is 18.3 Å². The fourth-order valence-electron chi connectivity index (χ4n) is 22.6. The van der Waals surface area contributed by atoms with Crippen molar-refractivity contribution in [1.29, 1.82) is 0 Å². The zero-order chi connectivity index (χ0) is 93.3. The van der Waals surface area contributed by atoms with Gasteiger partial charge < -0.3 is 87.7 Å². The second-order valence-corrected chi connectivity index (χ2v) is 42.2. The largest absolute Gasteiger partial charge is 0.540 e. The minimum Gasteiger partial charge on any atom is -0.540 e. The van der Waals surface area contributed by atoms with E-state index in [1.165, 1.54) is 27.5 Å². The summed E-state index contributed by atoms with van der Waals surface area (Å²) in [6.07, 6.45) is 25.6. The molecule has 33 heteroatoms. The number of alkyl carbamates (subject to hydrolysis) is 3. The number of benzene rings is 3. The molecule has 3 radical (unpaired) electrons. The predicted octanol–water partition coefficient (Wildman–Crippen LogP) is 15.2. The van der Waals surface area contributed by atoms with Crippen LogP contribution in [0.15, 0.2) is 54.6 Å². The zero-order valence-corrected chi connectivity index (χ0v) is 84.8. The van der Waals surface area contributed by atoms with Crippen LogP contribution >= 0.6 is 0 Å². The standard InChI is InChI=1S/C35H47N4O6.C33H43N4O6.C33H45N4O6.3V/c1-6-23-28(19-40)39-18-29(23)44-32-26(36-25-15-14-22(43-5)17-27(25)37-32)11-9-7-8-10-24-20-12-13-21(16-20)30(24)45-34(42)38-31(33(39)41)35(2,3)4;1-18-26(17-38)37-16-28(18)42-30-24(34-23-12-11-20(41-5)15-25(23)35-30)10-8-6-7-9-21-22-13-19(22)14-27(21)43-32(40)36-29(31(37)39)33(2,3)4;1-20-26(19-38)37-18-27(20)42-29-24(34-23-15-14-22(41-6)17-25(23)35-29)13-9-7-8-11-21-12-10-16-33(21,5)43-31(40)36-28(30(37)39)32(2,3)4;;;/h14-15,17,20-21,23-24,28-31H,6-13,16,18H2,1-5H3,(H,38,42);11-12,15,18-19,21-22,26-29H,6-10,13-14,16H2,1-5H3,(H,36,40);14-15,17,20-21,26-28H,7-13,16,18H2,1-6H3,(H,36,40);;;/q3*-1;;;/t20-,21+,23+,24-,28-,29+,30-,31-;18-,19?,21+,22?,26+,27+,28-,29+;20-,21+,26+,27-,28+,33+;;;/m100.../s1. The summed E-state index contributed by atoms with van der Waals surface area (Å²) in [5, 5.41) is 8.70. The SMILES string of the molecule is CC[C@@H]1[C@@H]2CN(C(=O)[C@H](C(C)(C)C)NC(=O)O[C@@H]3[C@H]4CC[C@H](C4)[C@H]3CCCCCc3nc4ccc(OC)cc4nc3O2)[C@@H]1[C-]=O.COc1ccc2nc3c(nc2c1)O[C@H]1CN(C(=O)[C@H](C(C)(C)C)NC(=O)O[C@@H]2CC4CC4[C@H]2CCCCC3)[C@H]([C-]=O)[C@@H]1C.COc1ccc2nc3c(nc2c1)O[C@H]1CN(C(=O)[C@H](C(C)(C)C)NC(=O)O[C@]2(C)CCC[C@H]2CCCCC3)[C@H]([C-]=O)[C@@H]1C.[V].[V].[V]. The Labute approximate surface area is 823 Å². The number of ether oxygens (including phenoxy) is 9. The zero-order valence-electron chi connectivity index (χ0n) is 80.6. The molecule has 11 aliphatic rings. The van der Waals surface area contributed by atoms with Crippen LogP contribution in [0.3, 0.4) is 0 Å². The Morgan fingerprint density at radius 2 is 0.813 bits per heavy atom. The molecule has 9 heterocycles. The Morgan fingerprint density at radius 1 is 0.418 bits per heavy atom. The van der Waals surface area contributed by atoms with E-state index >= 15 is 0 Å². The number of fused-ring (bicyclic) bond motifs is 21. The van der Waals surface area contributed by atoms with Gasteiger partial charge in [0.1, 0.15) is 88.6 Å². The van der Waals surface area contributed by atoms with Crippen LogP contribution in [0, 0.1) is 75.4 Å². The summed E-state index contributed by atoms with van der Waals surface area (Å²) in [6.45, 7) is 25.3. The minimum absolute atomic E-state index is 0. The number of hydrogen-bond donors (Lipinski definition) is 3. The monoisotopic (exact) mass is 1960 g/mol. The van der Waals surface area contributed by atoms with Gasteiger partial charge in [0.15, 0.2) is 0 Å². The van der Waals surface area contributed by atoms with Gasteiger partial charge in [-0.25, -0.2) is 63.1 Å². The van der Waals surface area contributed by atoms with Gasteiger partial charge in [0, 0.05) is 73.9 Å². The first kappa shape index (κ1) is 104. The van der Waals surface area contributed by atoms with Crippen LogP contribution in [-0.2, 0) is 118 Å². The van der Waals surface area contributed by atoms with Crippen LogP contribution < -0.4 is 44.4 Å². The van der Waals surface area contributed by atoms with E-state index in [-0.39, 0.29) is 129 Å². The molecule has 5 aliphatic carbocycles. The molecule has 0 spiro atoms. The molecule has 6 aliphatic heterocycles. The fourth-order valence-corrected chi connectivity index (χ4v) is 22.6. The van der Waals surface area contributed by atoms with Crippen molar-refractivity contribution < 1.29 is 141 Å². The van der Waals surface area contributed by atoms with E-state index in [1.54, 1.807) is 21.3 Å². The van der Waals surface area contributed by atoms with Crippen molar-refractivity contribution in [3.05, 3.63) is 71.7 Å². The smallest absolute Gasteiger partial charge is 0.408 e. The van der Waals surface area contributed by atoms with Crippen molar-refractivity contribution in [2.45, 2.75) is 316 Å². The van der Waals surface area contributed by atoms with Gasteiger partial charge in [0.05, 0.1) is 74.1 Å². The Hall–Kier alpha value is -8.54. The third-order valence-electron chi connectivity index (χ3n) is 30.3. The molecule has 5 saturated carbocycles. The van der Waals surface area contributed by atoms with Crippen molar-refractivity contribution in [1.82, 2.24) is 60.6 Å². The van der Waals surface area contributed by atoms with Crippen molar-refractivity contribution in [2.75, 3.05) is 41.0 Å². The predicted molar refractivity (Wildman–Crippen MR) is 490 cm³/mol. The van der Waals surface area contributed by atoms with Gasteiger partial charge in [0.25, 0.3) is 0 Å². The molecule has 3 N–H and O–H groups in total. The maximum atomic E-state index is 14.2. The fraction of sp³-hybridized carbons (Fsp3) is 0.673. The minimum atomic E-state index is -0.910. The molecule has 3 saturated heterocycles. The number of amides is 6. The molecule has 3 aromatic carbocycles. The molecule has 8 bridgehead atoms. The number of nitrogens with zero attached hydrogens (tertiary/aromatic N) is 9. The van der Waals surface area contributed by atoms with Gasteiger partial charge in [-0.2, -0.15) is 0 Å². The number of aryl methyl sites for hydroxylation is 3. The van der Waals surface area contributed by atoms with Gasteiger partial charge in [-0.3, -0.25) is 14.4 Å². The van der Waals surface area contributed by atoms with E-state index in [4.69, 9.17) is 72.5 Å². The maximum Gasteiger partial charge on any atom is 0.408 e. The number of nitrogens with one attached hydrogen (secondary N) is 3. The van der Waals surface area contributed by atoms with E-state index in [1.807, 2.05) is 145 Å². The van der Waals surface area contributed by atoms with Crippen LogP contribution in [0.2, 0.25) is 0 Å². The van der Waals surface area contributed by atoms with E-state index in [0.717, 1.165) is 149 Å². The number of carbonyl (C=O) groups excluding carboxylic acids is 9. The molecule has 725 valence electrons. The topological polar surface area (TPSA) is 360 Å². The average Bonchev–Trinajstić information content (AvgIpc) is 1.60. The molecule has 3 aromatic heterocycles. The summed E-state index contributed by atoms with van der Waals surface area (Å²) < 4.78 is 54.2. The molecule has 8 fully saturated rings. The second kappa shape index (κ2) is 44.1. The first-order valence-corrected chi connectivity index (χ1v) is 48.1. The Bertz CT molecular complexity index is 5090. The molecule has 6 aromatic rings. The summed E-state index contributed by atoms with van der Waals surface area (Å²) in [5.74, 6) is 4.39. The molecular formula is C101H135N12O18V3-3. The third-order valence-corrected chi connectivity index (χ3v) is 30.3. The first-order chi connectivity index (χ1) is 62.6. The van der Waals surface area contributed by atoms with Crippen molar-refractivity contribution in [3.8, 4) is 34.9 Å². The van der Waals surface area contributed by atoms with Gasteiger partial charge in [-0.05, 0) is 228 Å². The van der Waals surface area contributed by atoms with Gasteiger partial charge in [0.2, 0.25) is 35.4 Å². The van der Waals surface area contributed by atoms with E-state index in [9.17, 15) is 43.2 Å². The summed E-state index contributed by atoms with van der Waals surface area (Å²) in [6, 6.07) is 11.6. The van der Waals surface area contributed by atoms with Crippen LogP contribution in [0.4, 0.5) is 14.4 Å². The molecule has 6 amide bonds. The van der Waals surface area contributed by atoms with Crippen LogP contribution in [0.1, 0.15) is 242 Å². The number of hydrogen-bond acceptors (Lipinski definition) is 24. The quantitative estimate of drug-likeness (QED) is 0.0987. The van der Waals surface area contributed by atoms with Crippen LogP contribution in [0.25, 0.3) is 33.1 Å². The number of rotatable bonds is 7. The number of aromatic nitrogens is 6. The van der Waals surface area contributed by atoms with Crippen molar-refractivity contribution in [3.63, 3.8) is 0 Å². The molecule has 22 atom stereocenters. The average molecular weight is 1960 g/mol. The summed E-state index contributed by atoms with van der Waals surface area (Å²) in [4.78, 5) is 153. The van der Waals surface area contributed by atoms with Crippen LogP contribution in [0.5, 0.6) is 34.9 Å². The van der Waals surface area contributed by atoms with Crippen LogP contribution in [-0.4, -0.2) is 213 Å². The molecule has 2 unspecified atom stereocenters.